The van der Waals surface area contributed by atoms with Crippen LogP contribution in [-0.2, 0) is 6.42 Å². The van der Waals surface area contributed by atoms with E-state index in [-0.39, 0.29) is 23.3 Å². The molecule has 0 spiro atoms. The summed E-state index contributed by atoms with van der Waals surface area (Å²) in [7, 11) is 0. The van der Waals surface area contributed by atoms with Crippen molar-refractivity contribution < 1.29 is 5.11 Å². The lowest BCUT2D eigenvalue weighted by Gasteiger charge is -2.05. The first-order valence-corrected chi connectivity index (χ1v) is 6.24. The Balaban J connectivity index is 2.54. The van der Waals surface area contributed by atoms with Gasteiger partial charge in [0.2, 0.25) is 5.88 Å². The highest BCUT2D eigenvalue weighted by Gasteiger charge is 2.17. The summed E-state index contributed by atoms with van der Waals surface area (Å²) in [6.45, 7) is 7.66. The van der Waals surface area contributed by atoms with Crippen molar-refractivity contribution in [1.29, 1.82) is 0 Å². The first-order chi connectivity index (χ1) is 8.88. The van der Waals surface area contributed by atoms with Crippen LogP contribution in [0.4, 0.5) is 0 Å². The van der Waals surface area contributed by atoms with Crippen LogP contribution in [0.5, 0.6) is 5.88 Å². The van der Waals surface area contributed by atoms with Gasteiger partial charge in [0.1, 0.15) is 0 Å². The summed E-state index contributed by atoms with van der Waals surface area (Å²) >= 11 is 0. The molecule has 2 aromatic heterocycles. The molecule has 2 N–H and O–H groups in total. The van der Waals surface area contributed by atoms with E-state index in [1.807, 2.05) is 33.8 Å². The smallest absolute Gasteiger partial charge is 0.271 e. The van der Waals surface area contributed by atoms with E-state index in [1.165, 1.54) is 4.68 Å². The third-order valence-corrected chi connectivity index (χ3v) is 2.75. The molecule has 0 aromatic carbocycles. The Hall–Kier alpha value is -2.11. The van der Waals surface area contributed by atoms with Crippen LogP contribution < -0.4 is 5.56 Å². The normalized spacial score (nSPS) is 11.2. The fourth-order valence-corrected chi connectivity index (χ4v) is 2.00. The molecule has 2 heterocycles. The van der Waals surface area contributed by atoms with Crippen molar-refractivity contribution in [3.8, 4) is 11.8 Å². The highest BCUT2D eigenvalue weighted by Crippen LogP contribution is 2.19. The summed E-state index contributed by atoms with van der Waals surface area (Å²) in [4.78, 5) is 20.3. The van der Waals surface area contributed by atoms with Crippen molar-refractivity contribution in [2.75, 3.05) is 0 Å². The Labute approximate surface area is 111 Å². The molecule has 6 nitrogen and oxygen atoms in total. The summed E-state index contributed by atoms with van der Waals surface area (Å²) < 4.78 is 1.24. The highest BCUT2D eigenvalue weighted by molar-refractivity contribution is 5.30. The minimum atomic E-state index is -0.297. The van der Waals surface area contributed by atoms with Gasteiger partial charge in [-0.2, -0.15) is 4.68 Å². The number of nitrogens with zero attached hydrogens (tertiary/aromatic N) is 3. The first kappa shape index (κ1) is 13.3. The van der Waals surface area contributed by atoms with Gasteiger partial charge in [-0.25, -0.2) is 9.97 Å². The highest BCUT2D eigenvalue weighted by atomic mass is 16.3. The monoisotopic (exact) mass is 262 g/mol. The molecule has 102 valence electrons. The summed E-state index contributed by atoms with van der Waals surface area (Å²) in [6, 6.07) is 1.83. The Morgan fingerprint density at radius 2 is 1.89 bits per heavy atom. The van der Waals surface area contributed by atoms with Gasteiger partial charge in [-0.15, -0.1) is 0 Å². The van der Waals surface area contributed by atoms with Crippen LogP contribution in [0.15, 0.2) is 10.9 Å². The van der Waals surface area contributed by atoms with Gasteiger partial charge < -0.3 is 5.11 Å². The van der Waals surface area contributed by atoms with Crippen molar-refractivity contribution in [2.24, 2.45) is 5.92 Å². The molecule has 0 atom stereocenters. The SMILES string of the molecule is Cc1cc(C)nc(-n2[nH]c(=O)c(CC(C)C)c2O)n1. The largest absolute Gasteiger partial charge is 0.493 e. The fourth-order valence-electron chi connectivity index (χ4n) is 2.00. The van der Waals surface area contributed by atoms with Crippen LogP contribution in [0.3, 0.4) is 0 Å². The molecule has 0 radical (unpaired) electrons. The summed E-state index contributed by atoms with van der Waals surface area (Å²) in [5.41, 5.74) is 1.63. The maximum atomic E-state index is 11.8. The van der Waals surface area contributed by atoms with E-state index in [4.69, 9.17) is 0 Å². The molecular weight excluding hydrogens is 244 g/mol. The minimum Gasteiger partial charge on any atom is -0.493 e. The molecule has 0 unspecified atom stereocenters. The molecular formula is C13H18N4O2. The zero-order valence-electron chi connectivity index (χ0n) is 11.6. The Kier molecular flexibility index (Phi) is 3.42. The molecule has 0 saturated heterocycles. The number of rotatable bonds is 3. The van der Waals surface area contributed by atoms with Crippen LogP contribution in [0.1, 0.15) is 30.8 Å². The number of aryl methyl sites for hydroxylation is 2. The van der Waals surface area contributed by atoms with Crippen molar-refractivity contribution in [1.82, 2.24) is 19.7 Å². The summed E-state index contributed by atoms with van der Waals surface area (Å²) in [5.74, 6) is 0.453. The zero-order valence-corrected chi connectivity index (χ0v) is 11.6. The van der Waals surface area contributed by atoms with Crippen molar-refractivity contribution in [3.63, 3.8) is 0 Å². The van der Waals surface area contributed by atoms with E-state index in [2.05, 4.69) is 15.1 Å². The van der Waals surface area contributed by atoms with Gasteiger partial charge in [0, 0.05) is 11.4 Å². The number of H-pyrrole nitrogens is 1. The lowest BCUT2D eigenvalue weighted by molar-refractivity contribution is 0.420. The molecule has 19 heavy (non-hydrogen) atoms. The van der Waals surface area contributed by atoms with Gasteiger partial charge in [-0.1, -0.05) is 13.8 Å². The van der Waals surface area contributed by atoms with E-state index in [0.717, 1.165) is 11.4 Å². The molecule has 0 aliphatic heterocycles. The minimum absolute atomic E-state index is 0.108. The van der Waals surface area contributed by atoms with Crippen molar-refractivity contribution >= 4 is 0 Å². The average molecular weight is 262 g/mol. The molecule has 0 aliphatic carbocycles. The number of hydrogen-bond donors (Lipinski definition) is 2. The molecule has 2 rings (SSSR count). The van der Waals surface area contributed by atoms with Crippen LogP contribution in [0.25, 0.3) is 5.95 Å². The van der Waals surface area contributed by atoms with Gasteiger partial charge in [-0.3, -0.25) is 9.89 Å². The fraction of sp³-hybridized carbons (Fsp3) is 0.462. The zero-order chi connectivity index (χ0) is 14.2. The van der Waals surface area contributed by atoms with E-state index < -0.39 is 0 Å². The van der Waals surface area contributed by atoms with Gasteiger partial charge in [-0.05, 0) is 32.3 Å². The van der Waals surface area contributed by atoms with Crippen LogP contribution in [-0.4, -0.2) is 24.9 Å². The second-order valence-electron chi connectivity index (χ2n) is 5.13. The van der Waals surface area contributed by atoms with E-state index in [0.29, 0.717) is 12.0 Å². The van der Waals surface area contributed by atoms with Gasteiger partial charge in [0.05, 0.1) is 5.56 Å². The van der Waals surface area contributed by atoms with Gasteiger partial charge >= 0.3 is 0 Å². The third-order valence-electron chi connectivity index (χ3n) is 2.75. The van der Waals surface area contributed by atoms with Crippen LogP contribution in [0.2, 0.25) is 0 Å². The quantitative estimate of drug-likeness (QED) is 0.877. The third kappa shape index (κ3) is 2.67. The molecule has 2 aromatic rings. The topological polar surface area (TPSA) is 83.8 Å². The lowest BCUT2D eigenvalue weighted by atomic mass is 10.1. The van der Waals surface area contributed by atoms with Crippen molar-refractivity contribution in [3.05, 3.63) is 33.4 Å². The van der Waals surface area contributed by atoms with Crippen LogP contribution in [0, 0.1) is 19.8 Å². The molecule has 0 aliphatic rings. The second kappa shape index (κ2) is 4.87. The summed E-state index contributed by atoms with van der Waals surface area (Å²) in [6.07, 6.45) is 0.513. The molecule has 0 fully saturated rings. The van der Waals surface area contributed by atoms with Crippen molar-refractivity contribution in [2.45, 2.75) is 34.1 Å². The predicted molar refractivity (Wildman–Crippen MR) is 71.7 cm³/mol. The number of nitrogens with one attached hydrogen (secondary N) is 1. The Bertz CT molecular complexity index is 635. The maximum absolute atomic E-state index is 11.8. The maximum Gasteiger partial charge on any atom is 0.271 e. The molecule has 6 heteroatoms. The predicted octanol–water partition coefficient (Wildman–Crippen LogP) is 1.48. The Morgan fingerprint density at radius 1 is 1.32 bits per heavy atom. The Morgan fingerprint density at radius 3 is 2.42 bits per heavy atom. The van der Waals surface area contributed by atoms with E-state index in [9.17, 15) is 9.90 Å². The van der Waals surface area contributed by atoms with Crippen LogP contribution >= 0.6 is 0 Å². The standard InChI is InChI=1S/C13H18N4O2/c1-7(2)5-10-11(18)16-17(12(10)19)13-14-8(3)6-9(4)15-13/h6-7,19H,5H2,1-4H3,(H,16,18). The van der Waals surface area contributed by atoms with E-state index >= 15 is 0 Å². The van der Waals surface area contributed by atoms with E-state index in [1.54, 1.807) is 0 Å². The van der Waals surface area contributed by atoms with Gasteiger partial charge in [0.25, 0.3) is 11.5 Å². The number of aromatic nitrogens is 4. The first-order valence-electron chi connectivity index (χ1n) is 6.24. The van der Waals surface area contributed by atoms with Gasteiger partial charge in [0.15, 0.2) is 0 Å². The molecule has 0 amide bonds. The molecule has 0 saturated carbocycles. The number of aromatic hydroxyl groups is 1. The number of hydrogen-bond acceptors (Lipinski definition) is 4. The lowest BCUT2D eigenvalue weighted by Crippen LogP contribution is -2.10. The second-order valence-corrected chi connectivity index (χ2v) is 5.13. The molecule has 0 bridgehead atoms. The average Bonchev–Trinajstić information content (AvgIpc) is 2.55. The number of aromatic amines is 1. The summed E-state index contributed by atoms with van der Waals surface area (Å²) in [5, 5.41) is 12.7.